The van der Waals surface area contributed by atoms with Crippen molar-refractivity contribution in [1.29, 1.82) is 0 Å². The molecule has 0 aromatic heterocycles. The van der Waals surface area contributed by atoms with Crippen molar-refractivity contribution in [3.63, 3.8) is 0 Å². The van der Waals surface area contributed by atoms with E-state index in [1.54, 1.807) is 24.1 Å². The summed E-state index contributed by atoms with van der Waals surface area (Å²) in [5.41, 5.74) is 3.54. The smallest absolute Gasteiger partial charge is 0.295 e. The predicted octanol–water partition coefficient (Wildman–Crippen LogP) is 5.49. The lowest BCUT2D eigenvalue weighted by Gasteiger charge is -2.31. The van der Waals surface area contributed by atoms with Crippen LogP contribution in [-0.4, -0.2) is 34.8 Å². The number of ketones is 1. The van der Waals surface area contributed by atoms with E-state index in [1.165, 1.54) is 0 Å². The number of hydrogen-bond donors (Lipinski definition) is 1. The standard InChI is InChI=1S/C27H31NO4/c1-16(2)21-15-19(12-13-22(21)32-4)25(29)23-24(18-9-7-8-17(3)14-18)28(27(31)26(23)30)20-10-5-6-11-20/h7-9,12-16,20,24,29H,5-6,10-11H2,1-4H3/b25-23-. The molecule has 0 spiro atoms. The summed E-state index contributed by atoms with van der Waals surface area (Å²) in [6, 6.07) is 12.7. The second-order valence-electron chi connectivity index (χ2n) is 9.17. The number of aliphatic hydroxyl groups excluding tert-OH is 1. The molecule has 2 aromatic rings. The zero-order valence-corrected chi connectivity index (χ0v) is 19.2. The minimum Gasteiger partial charge on any atom is -0.507 e. The molecule has 5 heteroatoms. The van der Waals surface area contributed by atoms with E-state index in [1.807, 2.05) is 51.1 Å². The van der Waals surface area contributed by atoms with Crippen LogP contribution < -0.4 is 4.74 Å². The second-order valence-corrected chi connectivity index (χ2v) is 9.17. The van der Waals surface area contributed by atoms with Crippen LogP contribution in [0.5, 0.6) is 5.75 Å². The molecule has 4 rings (SSSR count). The number of Topliss-reactive ketones (excluding diaryl/α,β-unsaturated/α-hetero) is 1. The van der Waals surface area contributed by atoms with E-state index in [4.69, 9.17) is 4.74 Å². The summed E-state index contributed by atoms with van der Waals surface area (Å²) in [6.45, 7) is 6.09. The number of amides is 1. The minimum atomic E-state index is -0.608. The van der Waals surface area contributed by atoms with Gasteiger partial charge in [-0.1, -0.05) is 56.5 Å². The molecule has 2 aromatic carbocycles. The first kappa shape index (κ1) is 22.1. The molecule has 5 nitrogen and oxygen atoms in total. The van der Waals surface area contributed by atoms with Crippen molar-refractivity contribution in [2.75, 3.05) is 7.11 Å². The van der Waals surface area contributed by atoms with Gasteiger partial charge in [0.05, 0.1) is 18.7 Å². The lowest BCUT2D eigenvalue weighted by atomic mass is 9.92. The van der Waals surface area contributed by atoms with Crippen LogP contribution in [-0.2, 0) is 9.59 Å². The van der Waals surface area contributed by atoms with Crippen LogP contribution in [0.4, 0.5) is 0 Å². The first-order valence-electron chi connectivity index (χ1n) is 11.4. The van der Waals surface area contributed by atoms with Gasteiger partial charge in [0, 0.05) is 11.6 Å². The summed E-state index contributed by atoms with van der Waals surface area (Å²) in [7, 11) is 1.62. The molecule has 2 fully saturated rings. The van der Waals surface area contributed by atoms with Gasteiger partial charge in [-0.2, -0.15) is 0 Å². The summed E-state index contributed by atoms with van der Waals surface area (Å²) in [4.78, 5) is 28.2. The molecule has 0 bridgehead atoms. The molecule has 0 radical (unpaired) electrons. The maximum atomic E-state index is 13.3. The maximum Gasteiger partial charge on any atom is 0.295 e. The number of rotatable bonds is 5. The van der Waals surface area contributed by atoms with Crippen LogP contribution in [0.2, 0.25) is 0 Å². The van der Waals surface area contributed by atoms with Gasteiger partial charge in [0.15, 0.2) is 0 Å². The number of aliphatic hydroxyl groups is 1. The molecule has 32 heavy (non-hydrogen) atoms. The Labute approximate surface area is 189 Å². The van der Waals surface area contributed by atoms with Gasteiger partial charge in [-0.25, -0.2) is 0 Å². The van der Waals surface area contributed by atoms with Crippen LogP contribution in [0.15, 0.2) is 48.0 Å². The van der Waals surface area contributed by atoms with Crippen LogP contribution in [0, 0.1) is 6.92 Å². The monoisotopic (exact) mass is 433 g/mol. The molecule has 1 aliphatic heterocycles. The Morgan fingerprint density at radius 2 is 1.81 bits per heavy atom. The van der Waals surface area contributed by atoms with E-state index in [0.717, 1.165) is 48.1 Å². The topological polar surface area (TPSA) is 66.8 Å². The number of likely N-dealkylation sites (tertiary alicyclic amines) is 1. The zero-order chi connectivity index (χ0) is 23.0. The second kappa shape index (κ2) is 8.81. The summed E-state index contributed by atoms with van der Waals surface area (Å²) in [5.74, 6) is -0.338. The van der Waals surface area contributed by atoms with Crippen molar-refractivity contribution in [3.05, 3.63) is 70.3 Å². The highest BCUT2D eigenvalue weighted by Crippen LogP contribution is 2.44. The van der Waals surface area contributed by atoms with Crippen molar-refractivity contribution >= 4 is 17.4 Å². The number of methoxy groups -OCH3 is 1. The first-order valence-corrected chi connectivity index (χ1v) is 11.4. The molecular formula is C27H31NO4. The fourth-order valence-electron chi connectivity index (χ4n) is 5.06. The molecule has 2 aliphatic rings. The minimum absolute atomic E-state index is 0.0179. The molecule has 1 unspecified atom stereocenters. The lowest BCUT2D eigenvalue weighted by molar-refractivity contribution is -0.141. The molecule has 1 saturated carbocycles. The third-order valence-electron chi connectivity index (χ3n) is 6.68. The Kier molecular flexibility index (Phi) is 6.09. The quantitative estimate of drug-likeness (QED) is 0.385. The Balaban J connectivity index is 1.90. The maximum absolute atomic E-state index is 13.3. The van der Waals surface area contributed by atoms with E-state index in [2.05, 4.69) is 0 Å². The van der Waals surface area contributed by atoms with E-state index >= 15 is 0 Å². The Hall–Kier alpha value is -3.08. The third-order valence-corrected chi connectivity index (χ3v) is 6.68. The number of aryl methyl sites for hydroxylation is 1. The predicted molar refractivity (Wildman–Crippen MR) is 125 cm³/mol. The van der Waals surface area contributed by atoms with Crippen molar-refractivity contribution in [1.82, 2.24) is 4.90 Å². The molecule has 1 saturated heterocycles. The number of benzene rings is 2. The first-order chi connectivity index (χ1) is 15.3. The molecule has 1 N–H and O–H groups in total. The zero-order valence-electron chi connectivity index (χ0n) is 19.2. The Morgan fingerprint density at radius 1 is 1.09 bits per heavy atom. The van der Waals surface area contributed by atoms with Gasteiger partial charge in [0.1, 0.15) is 11.5 Å². The highest BCUT2D eigenvalue weighted by molar-refractivity contribution is 6.46. The third kappa shape index (κ3) is 3.81. The fourth-order valence-corrected chi connectivity index (χ4v) is 5.06. The van der Waals surface area contributed by atoms with Gasteiger partial charge in [-0.3, -0.25) is 9.59 Å². The molecule has 1 atom stereocenters. The number of hydrogen-bond acceptors (Lipinski definition) is 4. The fraction of sp³-hybridized carbons (Fsp3) is 0.407. The van der Waals surface area contributed by atoms with Crippen molar-refractivity contribution in [3.8, 4) is 5.75 Å². The number of carbonyl (C=O) groups excluding carboxylic acids is 2. The van der Waals surface area contributed by atoms with E-state index in [-0.39, 0.29) is 23.3 Å². The van der Waals surface area contributed by atoms with E-state index in [0.29, 0.717) is 5.56 Å². The van der Waals surface area contributed by atoms with E-state index in [9.17, 15) is 14.7 Å². The number of ether oxygens (including phenoxy) is 1. The summed E-state index contributed by atoms with van der Waals surface area (Å²) < 4.78 is 5.47. The molecule has 1 amide bonds. The highest BCUT2D eigenvalue weighted by atomic mass is 16.5. The van der Waals surface area contributed by atoms with Crippen molar-refractivity contribution < 1.29 is 19.4 Å². The number of carbonyl (C=O) groups is 2. The Morgan fingerprint density at radius 3 is 2.44 bits per heavy atom. The van der Waals surface area contributed by atoms with Crippen LogP contribution in [0.25, 0.3) is 5.76 Å². The SMILES string of the molecule is COc1ccc(/C(O)=C2/C(=O)C(=O)N(C3CCCC3)C2c2cccc(C)c2)cc1C(C)C. The van der Waals surface area contributed by atoms with Crippen LogP contribution >= 0.6 is 0 Å². The molecular weight excluding hydrogens is 402 g/mol. The van der Waals surface area contributed by atoms with Gasteiger partial charge in [0.2, 0.25) is 0 Å². The van der Waals surface area contributed by atoms with Gasteiger partial charge in [-0.15, -0.1) is 0 Å². The average Bonchev–Trinajstić information content (AvgIpc) is 3.39. The van der Waals surface area contributed by atoms with Crippen molar-refractivity contribution in [2.45, 2.75) is 64.5 Å². The Bertz CT molecular complexity index is 1080. The lowest BCUT2D eigenvalue weighted by Crippen LogP contribution is -2.37. The van der Waals surface area contributed by atoms with Gasteiger partial charge < -0.3 is 14.7 Å². The van der Waals surface area contributed by atoms with Crippen molar-refractivity contribution in [2.24, 2.45) is 0 Å². The molecule has 168 valence electrons. The normalized spacial score (nSPS) is 21.0. The average molecular weight is 434 g/mol. The summed E-state index contributed by atoms with van der Waals surface area (Å²) in [6.07, 6.45) is 3.86. The van der Waals surface area contributed by atoms with Crippen LogP contribution in [0.3, 0.4) is 0 Å². The van der Waals surface area contributed by atoms with Gasteiger partial charge in [0.25, 0.3) is 11.7 Å². The largest absolute Gasteiger partial charge is 0.507 e. The summed E-state index contributed by atoms with van der Waals surface area (Å²) in [5, 5.41) is 11.4. The molecule has 1 aliphatic carbocycles. The van der Waals surface area contributed by atoms with Gasteiger partial charge >= 0.3 is 0 Å². The van der Waals surface area contributed by atoms with Crippen LogP contribution in [0.1, 0.15) is 73.7 Å². The molecule has 1 heterocycles. The van der Waals surface area contributed by atoms with Gasteiger partial charge in [-0.05, 0) is 55.0 Å². The van der Waals surface area contributed by atoms with E-state index < -0.39 is 17.7 Å². The highest BCUT2D eigenvalue weighted by Gasteiger charge is 2.49. The number of nitrogens with zero attached hydrogens (tertiary/aromatic N) is 1. The summed E-state index contributed by atoms with van der Waals surface area (Å²) >= 11 is 0.